The third-order valence-corrected chi connectivity index (χ3v) is 3.95. The number of phenols is 1. The van der Waals surface area contributed by atoms with Crippen LogP contribution in [0.25, 0.3) is 0 Å². The largest absolute Gasteiger partial charge is 0.508 e. The monoisotopic (exact) mass is 291 g/mol. The van der Waals surface area contributed by atoms with E-state index >= 15 is 0 Å². The van der Waals surface area contributed by atoms with Crippen molar-refractivity contribution in [1.82, 2.24) is 4.90 Å². The highest BCUT2D eigenvalue weighted by Crippen LogP contribution is 2.25. The normalized spacial score (nSPS) is 14.9. The molecular formula is C16H21NO4. The molecule has 2 rings (SSSR count). The van der Waals surface area contributed by atoms with Gasteiger partial charge in [0.25, 0.3) is 0 Å². The van der Waals surface area contributed by atoms with Crippen LogP contribution in [0.1, 0.15) is 31.2 Å². The molecule has 21 heavy (non-hydrogen) atoms. The van der Waals surface area contributed by atoms with Crippen molar-refractivity contribution in [3.63, 3.8) is 0 Å². The first-order valence-corrected chi connectivity index (χ1v) is 7.25. The summed E-state index contributed by atoms with van der Waals surface area (Å²) in [6.07, 6.45) is 4.09. The minimum absolute atomic E-state index is 0.0202. The predicted molar refractivity (Wildman–Crippen MR) is 77.8 cm³/mol. The van der Waals surface area contributed by atoms with Crippen molar-refractivity contribution >= 4 is 11.9 Å². The standard InChI is InChI=1S/C16H21NO4/c1-21-16(20)11-17(13-7-3-4-8-13)15(19)10-12-6-2-5-9-14(12)18/h2,5-6,9,13,18H,3-4,7-8,10-11H2,1H3. The lowest BCUT2D eigenvalue weighted by atomic mass is 10.1. The summed E-state index contributed by atoms with van der Waals surface area (Å²) in [5.41, 5.74) is 0.579. The van der Waals surface area contributed by atoms with Crippen LogP contribution in [0, 0.1) is 0 Å². The van der Waals surface area contributed by atoms with Crippen molar-refractivity contribution in [1.29, 1.82) is 0 Å². The van der Waals surface area contributed by atoms with E-state index < -0.39 is 5.97 Å². The minimum atomic E-state index is -0.410. The lowest BCUT2D eigenvalue weighted by Gasteiger charge is -2.28. The Hall–Kier alpha value is -2.04. The molecule has 5 nitrogen and oxygen atoms in total. The van der Waals surface area contributed by atoms with Gasteiger partial charge in [0.15, 0.2) is 0 Å². The molecule has 114 valence electrons. The molecule has 0 spiro atoms. The van der Waals surface area contributed by atoms with Gasteiger partial charge >= 0.3 is 5.97 Å². The van der Waals surface area contributed by atoms with Gasteiger partial charge in [-0.15, -0.1) is 0 Å². The summed E-state index contributed by atoms with van der Waals surface area (Å²) in [6.45, 7) is -0.0202. The van der Waals surface area contributed by atoms with Gasteiger partial charge in [0.05, 0.1) is 13.5 Å². The Kier molecular flexibility index (Phi) is 5.20. The van der Waals surface area contributed by atoms with Gasteiger partial charge in [0.1, 0.15) is 12.3 Å². The fourth-order valence-electron chi connectivity index (χ4n) is 2.77. The van der Waals surface area contributed by atoms with Gasteiger partial charge in [-0.3, -0.25) is 9.59 Å². The molecule has 1 fully saturated rings. The van der Waals surface area contributed by atoms with Gasteiger partial charge < -0.3 is 14.7 Å². The molecule has 0 heterocycles. The van der Waals surface area contributed by atoms with E-state index in [4.69, 9.17) is 0 Å². The first kappa shape index (κ1) is 15.4. The average molecular weight is 291 g/mol. The SMILES string of the molecule is COC(=O)CN(C(=O)Cc1ccccc1O)C1CCCC1. The summed E-state index contributed by atoms with van der Waals surface area (Å²) in [5, 5.41) is 9.77. The van der Waals surface area contributed by atoms with Crippen molar-refractivity contribution in [2.75, 3.05) is 13.7 Å². The van der Waals surface area contributed by atoms with Crippen LogP contribution in [0.3, 0.4) is 0 Å². The molecule has 1 aliphatic rings. The zero-order chi connectivity index (χ0) is 15.2. The summed E-state index contributed by atoms with van der Waals surface area (Å²) >= 11 is 0. The van der Waals surface area contributed by atoms with Gasteiger partial charge in [-0.1, -0.05) is 31.0 Å². The van der Waals surface area contributed by atoms with Gasteiger partial charge in [0, 0.05) is 11.6 Å². The number of aromatic hydroxyl groups is 1. The van der Waals surface area contributed by atoms with Crippen molar-refractivity contribution in [2.45, 2.75) is 38.1 Å². The molecular weight excluding hydrogens is 270 g/mol. The maximum atomic E-state index is 12.5. The number of rotatable bonds is 5. The molecule has 0 unspecified atom stereocenters. The first-order valence-electron chi connectivity index (χ1n) is 7.25. The lowest BCUT2D eigenvalue weighted by molar-refractivity contribution is -0.148. The van der Waals surface area contributed by atoms with E-state index in [0.29, 0.717) is 5.56 Å². The van der Waals surface area contributed by atoms with E-state index in [0.717, 1.165) is 25.7 Å². The van der Waals surface area contributed by atoms with E-state index in [-0.39, 0.29) is 30.7 Å². The minimum Gasteiger partial charge on any atom is -0.508 e. The second-order valence-electron chi connectivity index (χ2n) is 5.34. The molecule has 1 aromatic rings. The fourth-order valence-corrected chi connectivity index (χ4v) is 2.77. The van der Waals surface area contributed by atoms with Crippen LogP contribution in [0.15, 0.2) is 24.3 Å². The Bertz CT molecular complexity index is 509. The van der Waals surface area contributed by atoms with Crippen molar-refractivity contribution in [3.8, 4) is 5.75 Å². The molecule has 5 heteroatoms. The Morgan fingerprint density at radius 3 is 2.57 bits per heavy atom. The molecule has 0 radical (unpaired) electrons. The summed E-state index contributed by atoms with van der Waals surface area (Å²) in [4.78, 5) is 25.7. The van der Waals surface area contributed by atoms with Gasteiger partial charge in [0.2, 0.25) is 5.91 Å². The van der Waals surface area contributed by atoms with Crippen molar-refractivity contribution in [2.24, 2.45) is 0 Å². The van der Waals surface area contributed by atoms with Crippen molar-refractivity contribution < 1.29 is 19.4 Å². The predicted octanol–water partition coefficient (Wildman–Crippen LogP) is 1.88. The molecule has 1 saturated carbocycles. The third kappa shape index (κ3) is 3.97. The average Bonchev–Trinajstić information content (AvgIpc) is 3.00. The zero-order valence-corrected chi connectivity index (χ0v) is 12.2. The number of hydrogen-bond acceptors (Lipinski definition) is 4. The van der Waals surface area contributed by atoms with Crippen LogP contribution in [-0.2, 0) is 20.7 Å². The molecule has 0 aromatic heterocycles. The van der Waals surface area contributed by atoms with Crippen LogP contribution in [0.5, 0.6) is 5.75 Å². The highest BCUT2D eigenvalue weighted by molar-refractivity contribution is 5.84. The van der Waals surface area contributed by atoms with E-state index in [1.165, 1.54) is 7.11 Å². The second-order valence-corrected chi connectivity index (χ2v) is 5.34. The number of nitrogens with zero attached hydrogens (tertiary/aromatic N) is 1. The number of methoxy groups -OCH3 is 1. The molecule has 0 bridgehead atoms. The Balaban J connectivity index is 2.10. The quantitative estimate of drug-likeness (QED) is 0.841. The molecule has 0 aliphatic heterocycles. The van der Waals surface area contributed by atoms with Crippen LogP contribution < -0.4 is 0 Å². The van der Waals surface area contributed by atoms with Crippen molar-refractivity contribution in [3.05, 3.63) is 29.8 Å². The van der Waals surface area contributed by atoms with E-state index in [9.17, 15) is 14.7 Å². The maximum absolute atomic E-state index is 12.5. The Morgan fingerprint density at radius 2 is 1.95 bits per heavy atom. The molecule has 0 atom stereocenters. The molecule has 0 saturated heterocycles. The molecule has 1 N–H and O–H groups in total. The number of para-hydroxylation sites is 1. The second kappa shape index (κ2) is 7.11. The fraction of sp³-hybridized carbons (Fsp3) is 0.500. The lowest BCUT2D eigenvalue weighted by Crippen LogP contribution is -2.43. The van der Waals surface area contributed by atoms with E-state index in [1.807, 2.05) is 0 Å². The van der Waals surface area contributed by atoms with Crippen LogP contribution in [0.4, 0.5) is 0 Å². The van der Waals surface area contributed by atoms with Gasteiger partial charge in [-0.25, -0.2) is 0 Å². The number of carbonyl (C=O) groups is 2. The number of amides is 1. The Labute approximate surface area is 124 Å². The number of esters is 1. The zero-order valence-electron chi connectivity index (χ0n) is 12.2. The number of hydrogen-bond donors (Lipinski definition) is 1. The Morgan fingerprint density at radius 1 is 1.29 bits per heavy atom. The van der Waals surface area contributed by atoms with Gasteiger partial charge in [-0.05, 0) is 18.9 Å². The van der Waals surface area contributed by atoms with Gasteiger partial charge in [-0.2, -0.15) is 0 Å². The summed E-state index contributed by atoms with van der Waals surface area (Å²) in [5.74, 6) is -0.448. The van der Waals surface area contributed by atoms with E-state index in [1.54, 1.807) is 29.2 Å². The number of carbonyl (C=O) groups excluding carboxylic acids is 2. The molecule has 1 aliphatic carbocycles. The third-order valence-electron chi connectivity index (χ3n) is 3.95. The highest BCUT2D eigenvalue weighted by atomic mass is 16.5. The van der Waals surface area contributed by atoms with Crippen LogP contribution in [0.2, 0.25) is 0 Å². The molecule has 1 amide bonds. The number of phenolic OH excluding ortho intramolecular Hbond substituents is 1. The first-order chi connectivity index (χ1) is 10.1. The van der Waals surface area contributed by atoms with Crippen LogP contribution in [-0.4, -0.2) is 41.6 Å². The van der Waals surface area contributed by atoms with Crippen LogP contribution >= 0.6 is 0 Å². The topological polar surface area (TPSA) is 66.8 Å². The number of ether oxygens (including phenoxy) is 1. The van der Waals surface area contributed by atoms with E-state index in [2.05, 4.69) is 4.74 Å². The summed E-state index contributed by atoms with van der Waals surface area (Å²) in [6, 6.07) is 6.87. The highest BCUT2D eigenvalue weighted by Gasteiger charge is 2.28. The maximum Gasteiger partial charge on any atom is 0.325 e. The summed E-state index contributed by atoms with van der Waals surface area (Å²) < 4.78 is 4.68. The number of benzene rings is 1. The smallest absolute Gasteiger partial charge is 0.325 e. The molecule has 1 aromatic carbocycles. The summed E-state index contributed by atoms with van der Waals surface area (Å²) in [7, 11) is 1.32.